The van der Waals surface area contributed by atoms with Crippen LogP contribution in [0.15, 0.2) is 33.8 Å². The summed E-state index contributed by atoms with van der Waals surface area (Å²) in [6, 6.07) is 7.68. The maximum absolute atomic E-state index is 12.6. The van der Waals surface area contributed by atoms with Crippen molar-refractivity contribution in [2.45, 2.75) is 44.9 Å². The van der Waals surface area contributed by atoms with Gasteiger partial charge in [-0.2, -0.15) is 18.2 Å². The van der Waals surface area contributed by atoms with Crippen LogP contribution < -0.4 is 10.6 Å². The molecule has 1 unspecified atom stereocenters. The van der Waals surface area contributed by atoms with E-state index in [0.717, 1.165) is 24.0 Å². The normalized spacial score (nSPS) is 17.5. The first-order chi connectivity index (χ1) is 14.4. The van der Waals surface area contributed by atoms with Gasteiger partial charge < -0.3 is 15.2 Å². The first-order valence-corrected chi connectivity index (χ1v) is 10.0. The molecular weight excluding hydrogens is 524 g/mol. The van der Waals surface area contributed by atoms with Gasteiger partial charge in [-0.1, -0.05) is 24.2 Å². The summed E-state index contributed by atoms with van der Waals surface area (Å²) in [6.07, 6.45) is -1.81. The quantitative estimate of drug-likeness (QED) is 0.311. The summed E-state index contributed by atoms with van der Waals surface area (Å²) in [6.45, 7) is 2.44. The topological polar surface area (TPSA) is 78.6 Å². The largest absolute Gasteiger partial charge is 0.401 e. The summed E-state index contributed by atoms with van der Waals surface area (Å²) in [5, 5.41) is 10.4. The predicted octanol–water partition coefficient (Wildman–Crippen LogP) is 3.61. The van der Waals surface area contributed by atoms with Crippen LogP contribution in [-0.2, 0) is 13.0 Å². The fourth-order valence-corrected chi connectivity index (χ4v) is 3.43. The highest BCUT2D eigenvalue weighted by Crippen LogP contribution is 2.20. The van der Waals surface area contributed by atoms with Gasteiger partial charge in [0.2, 0.25) is 0 Å². The zero-order valence-corrected chi connectivity index (χ0v) is 19.9. The van der Waals surface area contributed by atoms with Gasteiger partial charge >= 0.3 is 6.18 Å². The van der Waals surface area contributed by atoms with E-state index in [2.05, 4.69) is 32.7 Å². The van der Waals surface area contributed by atoms with Gasteiger partial charge in [-0.3, -0.25) is 9.89 Å². The monoisotopic (exact) mass is 552 g/mol. The Morgan fingerprint density at radius 3 is 2.87 bits per heavy atom. The van der Waals surface area contributed by atoms with E-state index in [0.29, 0.717) is 43.7 Å². The van der Waals surface area contributed by atoms with E-state index >= 15 is 0 Å². The van der Waals surface area contributed by atoms with E-state index in [9.17, 15) is 13.2 Å². The number of benzene rings is 1. The zero-order chi connectivity index (χ0) is 21.6. The van der Waals surface area contributed by atoms with E-state index in [4.69, 9.17) is 4.52 Å². The van der Waals surface area contributed by atoms with Crippen LogP contribution in [0.25, 0.3) is 11.5 Å². The summed E-state index contributed by atoms with van der Waals surface area (Å²) < 4.78 is 43.0. The van der Waals surface area contributed by atoms with Gasteiger partial charge in [0, 0.05) is 44.7 Å². The molecule has 11 heteroatoms. The van der Waals surface area contributed by atoms with Crippen molar-refractivity contribution in [1.29, 1.82) is 0 Å². The van der Waals surface area contributed by atoms with Crippen LogP contribution in [-0.4, -0.2) is 59.9 Å². The van der Waals surface area contributed by atoms with Crippen molar-refractivity contribution in [2.75, 3.05) is 26.7 Å². The van der Waals surface area contributed by atoms with Crippen molar-refractivity contribution < 1.29 is 17.7 Å². The zero-order valence-electron chi connectivity index (χ0n) is 17.6. The molecule has 1 fully saturated rings. The van der Waals surface area contributed by atoms with Crippen molar-refractivity contribution in [3.8, 4) is 11.5 Å². The van der Waals surface area contributed by atoms with Crippen LogP contribution in [0.2, 0.25) is 0 Å². The lowest BCUT2D eigenvalue weighted by Gasteiger charge is -2.20. The number of rotatable bonds is 7. The molecule has 3 rings (SSSR count). The number of guanidine groups is 1. The minimum Gasteiger partial charge on any atom is -0.352 e. The Morgan fingerprint density at radius 1 is 1.35 bits per heavy atom. The van der Waals surface area contributed by atoms with Crippen molar-refractivity contribution >= 4 is 29.9 Å². The van der Waals surface area contributed by atoms with Gasteiger partial charge in [0.1, 0.15) is 0 Å². The molecule has 1 aliphatic rings. The van der Waals surface area contributed by atoms with E-state index in [1.807, 2.05) is 24.3 Å². The molecule has 1 saturated heterocycles. The highest BCUT2D eigenvalue weighted by molar-refractivity contribution is 14.0. The third kappa shape index (κ3) is 7.95. The molecule has 7 nitrogen and oxygen atoms in total. The first-order valence-electron chi connectivity index (χ1n) is 10.0. The van der Waals surface area contributed by atoms with Crippen LogP contribution in [0, 0.1) is 0 Å². The lowest BCUT2D eigenvalue weighted by atomic mass is 10.1. The maximum Gasteiger partial charge on any atom is 0.401 e. The Kier molecular flexibility index (Phi) is 9.54. The van der Waals surface area contributed by atoms with Crippen LogP contribution >= 0.6 is 24.0 Å². The van der Waals surface area contributed by atoms with Crippen LogP contribution in [0.3, 0.4) is 0 Å². The predicted molar refractivity (Wildman–Crippen MR) is 123 cm³/mol. The average molecular weight is 552 g/mol. The third-order valence-electron chi connectivity index (χ3n) is 4.82. The summed E-state index contributed by atoms with van der Waals surface area (Å²) in [7, 11) is 1.64. The number of nitrogens with one attached hydrogen (secondary N) is 2. The van der Waals surface area contributed by atoms with Crippen molar-refractivity contribution in [2.24, 2.45) is 4.99 Å². The van der Waals surface area contributed by atoms with E-state index < -0.39 is 12.7 Å². The Hall–Kier alpha value is -1.89. The standard InChI is InChI=1S/C20H27F3N6O.HI/c1-3-5-17-27-18(30-28-17)15-7-4-6-14(10-15)11-25-19(24-2)26-16-8-9-29(12-16)13-20(21,22)23;/h4,6-7,10,16H,3,5,8-9,11-13H2,1-2H3,(H2,24,25,26);1H. The molecule has 1 aliphatic heterocycles. The smallest absolute Gasteiger partial charge is 0.352 e. The van der Waals surface area contributed by atoms with Crippen molar-refractivity contribution in [3.63, 3.8) is 0 Å². The molecule has 2 heterocycles. The molecule has 0 amide bonds. The Labute approximate surface area is 196 Å². The average Bonchev–Trinajstić information content (AvgIpc) is 3.34. The highest BCUT2D eigenvalue weighted by Gasteiger charge is 2.34. The van der Waals surface area contributed by atoms with E-state index in [-0.39, 0.29) is 30.0 Å². The maximum atomic E-state index is 12.6. The van der Waals surface area contributed by atoms with Gasteiger partial charge in [-0.15, -0.1) is 24.0 Å². The number of hydrogen-bond donors (Lipinski definition) is 2. The van der Waals surface area contributed by atoms with Gasteiger partial charge in [0.05, 0.1) is 6.54 Å². The Balaban J connectivity index is 0.00000341. The number of hydrogen-bond acceptors (Lipinski definition) is 5. The van der Waals surface area contributed by atoms with Crippen LogP contribution in [0.1, 0.15) is 31.2 Å². The number of aromatic nitrogens is 2. The molecular formula is C20H28F3IN6O. The molecule has 0 bridgehead atoms. The molecule has 2 N–H and O–H groups in total. The fourth-order valence-electron chi connectivity index (χ4n) is 3.43. The second-order valence-electron chi connectivity index (χ2n) is 7.37. The number of alkyl halides is 3. The lowest BCUT2D eigenvalue weighted by Crippen LogP contribution is -2.44. The second kappa shape index (κ2) is 11.7. The molecule has 0 spiro atoms. The first kappa shape index (κ1) is 25.4. The number of aryl methyl sites for hydroxylation is 1. The Morgan fingerprint density at radius 2 is 2.16 bits per heavy atom. The van der Waals surface area contributed by atoms with Crippen LogP contribution in [0.4, 0.5) is 13.2 Å². The molecule has 31 heavy (non-hydrogen) atoms. The highest BCUT2D eigenvalue weighted by atomic mass is 127. The van der Waals surface area contributed by atoms with E-state index in [1.54, 1.807) is 7.05 Å². The van der Waals surface area contributed by atoms with Crippen molar-refractivity contribution in [3.05, 3.63) is 35.7 Å². The second-order valence-corrected chi connectivity index (χ2v) is 7.37. The number of likely N-dealkylation sites (tertiary alicyclic amines) is 1. The summed E-state index contributed by atoms with van der Waals surface area (Å²) in [4.78, 5) is 10.00. The van der Waals surface area contributed by atoms with Crippen LogP contribution in [0.5, 0.6) is 0 Å². The molecule has 1 aromatic carbocycles. The lowest BCUT2D eigenvalue weighted by molar-refractivity contribution is -0.143. The summed E-state index contributed by atoms with van der Waals surface area (Å²) in [5.74, 6) is 1.73. The number of halogens is 4. The van der Waals surface area contributed by atoms with Gasteiger partial charge in [-0.25, -0.2) is 0 Å². The molecule has 1 atom stereocenters. The summed E-state index contributed by atoms with van der Waals surface area (Å²) >= 11 is 0. The summed E-state index contributed by atoms with van der Waals surface area (Å²) in [5.41, 5.74) is 1.83. The fraction of sp³-hybridized carbons (Fsp3) is 0.550. The number of nitrogens with zero attached hydrogens (tertiary/aromatic N) is 4. The minimum atomic E-state index is -4.17. The van der Waals surface area contributed by atoms with E-state index in [1.165, 1.54) is 4.90 Å². The molecule has 0 radical (unpaired) electrons. The van der Waals surface area contributed by atoms with Gasteiger partial charge in [0.15, 0.2) is 11.8 Å². The van der Waals surface area contributed by atoms with Gasteiger partial charge in [-0.05, 0) is 30.5 Å². The third-order valence-corrected chi connectivity index (χ3v) is 4.82. The minimum absolute atomic E-state index is 0. The van der Waals surface area contributed by atoms with Crippen molar-refractivity contribution in [1.82, 2.24) is 25.7 Å². The number of aliphatic imine (C=N–C) groups is 1. The SMILES string of the molecule is CCCc1noc(-c2cccc(CNC(=NC)NC3CCN(CC(F)(F)F)C3)c2)n1.I. The molecule has 0 aliphatic carbocycles. The molecule has 0 saturated carbocycles. The molecule has 172 valence electrons. The Bertz CT molecular complexity index is 857. The molecule has 1 aromatic heterocycles. The van der Waals surface area contributed by atoms with Gasteiger partial charge in [0.25, 0.3) is 5.89 Å². The molecule has 2 aromatic rings.